The molecule has 3 aliphatic rings. The minimum atomic E-state index is -1.34. The summed E-state index contributed by atoms with van der Waals surface area (Å²) >= 11 is 1.30. The van der Waals surface area contributed by atoms with Crippen LogP contribution in [0.15, 0.2) is 41.9 Å². The van der Waals surface area contributed by atoms with Crippen LogP contribution in [0.2, 0.25) is 0 Å². The third-order valence-electron chi connectivity index (χ3n) is 11.9. The number of amides is 2. The molecule has 0 radical (unpaired) electrons. The highest BCUT2D eigenvalue weighted by Gasteiger charge is 2.50. The van der Waals surface area contributed by atoms with Crippen LogP contribution in [0.25, 0.3) is 33.4 Å². The number of hydrazine groups is 1. The Hall–Kier alpha value is -4.24. The zero-order valence-electron chi connectivity index (χ0n) is 34.1. The predicted octanol–water partition coefficient (Wildman–Crippen LogP) is 6.98. The zero-order chi connectivity index (χ0) is 40.8. The molecule has 2 aliphatic heterocycles. The van der Waals surface area contributed by atoms with Crippen LogP contribution in [0.3, 0.4) is 0 Å². The molecule has 1 saturated heterocycles. The number of carbonyl (C=O) groups excluding carboxylic acids is 3. The third kappa shape index (κ3) is 8.23. The molecule has 1 saturated carbocycles. The largest absolute Gasteiger partial charge is 0.464 e. The van der Waals surface area contributed by atoms with Gasteiger partial charge in [-0.25, -0.2) is 14.8 Å². The molecule has 3 aromatic heterocycles. The first-order valence-corrected chi connectivity index (χ1v) is 21.0. The molecule has 2 N–H and O–H groups in total. The number of nitrogens with zero attached hydrogens (tertiary/aromatic N) is 4. The smallest absolute Gasteiger partial charge is 0.324 e. The van der Waals surface area contributed by atoms with Crippen molar-refractivity contribution >= 4 is 40.0 Å². The molecule has 57 heavy (non-hydrogen) atoms. The van der Waals surface area contributed by atoms with Gasteiger partial charge in [0.25, 0.3) is 5.91 Å². The number of halogens is 1. The summed E-state index contributed by atoms with van der Waals surface area (Å²) in [5, 5.41) is 7.74. The van der Waals surface area contributed by atoms with Gasteiger partial charge < -0.3 is 24.1 Å². The molecule has 12 nitrogen and oxygen atoms in total. The number of aromatic nitrogens is 3. The Morgan fingerprint density at radius 1 is 1.19 bits per heavy atom. The Labute approximate surface area is 337 Å². The molecular formula is C43H55FN6O6S. The Morgan fingerprint density at radius 2 is 1.96 bits per heavy atom. The van der Waals surface area contributed by atoms with E-state index in [0.717, 1.165) is 39.0 Å². The first kappa shape index (κ1) is 40.9. The van der Waals surface area contributed by atoms with Gasteiger partial charge in [0.1, 0.15) is 29.4 Å². The number of carbonyl (C=O) groups is 3. The summed E-state index contributed by atoms with van der Waals surface area (Å²) in [6, 6.07) is 8.27. The minimum Gasteiger partial charge on any atom is -0.464 e. The van der Waals surface area contributed by atoms with E-state index in [0.29, 0.717) is 43.1 Å². The second kappa shape index (κ2) is 16.6. The van der Waals surface area contributed by atoms with E-state index in [1.807, 2.05) is 38.3 Å². The monoisotopic (exact) mass is 802 g/mol. The fourth-order valence-corrected chi connectivity index (χ4v) is 9.30. The van der Waals surface area contributed by atoms with Crippen molar-refractivity contribution in [2.24, 2.45) is 23.2 Å². The maximum atomic E-state index is 14.6. The van der Waals surface area contributed by atoms with Gasteiger partial charge in [-0.1, -0.05) is 33.8 Å². The number of hydrogen-bond acceptors (Lipinski definition) is 10. The van der Waals surface area contributed by atoms with Gasteiger partial charge in [0.05, 0.1) is 36.4 Å². The van der Waals surface area contributed by atoms with Crippen LogP contribution in [-0.4, -0.2) is 82.5 Å². The van der Waals surface area contributed by atoms with E-state index in [-0.39, 0.29) is 43.0 Å². The van der Waals surface area contributed by atoms with Gasteiger partial charge in [0.2, 0.25) is 5.91 Å². The molecule has 7 rings (SSSR count). The summed E-state index contributed by atoms with van der Waals surface area (Å²) in [5.41, 5.74) is 9.05. The molecule has 2 fully saturated rings. The second-order valence-corrected chi connectivity index (χ2v) is 17.6. The van der Waals surface area contributed by atoms with Crippen LogP contribution in [0.1, 0.15) is 89.8 Å². The number of thiazole rings is 1. The summed E-state index contributed by atoms with van der Waals surface area (Å²) in [6.07, 6.45) is 0.644. The van der Waals surface area contributed by atoms with Crippen LogP contribution in [0.4, 0.5) is 4.39 Å². The number of rotatable bonds is 9. The average Bonchev–Trinajstić information content (AvgIpc) is 3.49. The van der Waals surface area contributed by atoms with Crippen molar-refractivity contribution in [3.05, 3.63) is 58.2 Å². The van der Waals surface area contributed by atoms with E-state index in [2.05, 4.69) is 54.3 Å². The van der Waals surface area contributed by atoms with Gasteiger partial charge >= 0.3 is 5.97 Å². The SMILES string of the molecule is CCn1c(-c2cccnc2[C@H](C)OC)c2c3cc(ccc31)-c1csc(n1)[C@@H](OC[C@@H](C)F)[C@H](NC(=O)C1[C@@H](C)[C@H]1C)C(=O)N1CCC[C@H](N1)C(=O)OCC(C)(C)C2. The molecule has 306 valence electrons. The summed E-state index contributed by atoms with van der Waals surface area (Å²) in [6.45, 7) is 14.5. The number of nitrogens with one attached hydrogen (secondary N) is 2. The zero-order valence-corrected chi connectivity index (χ0v) is 35.0. The lowest BCUT2D eigenvalue weighted by molar-refractivity contribution is -0.157. The number of esters is 1. The number of aryl methyl sites for hydroxylation is 1. The predicted molar refractivity (Wildman–Crippen MR) is 217 cm³/mol. The van der Waals surface area contributed by atoms with Crippen molar-refractivity contribution < 1.29 is 33.0 Å². The Morgan fingerprint density at radius 3 is 2.67 bits per heavy atom. The highest BCUT2D eigenvalue weighted by molar-refractivity contribution is 7.10. The van der Waals surface area contributed by atoms with E-state index in [9.17, 15) is 18.8 Å². The Balaban J connectivity index is 1.40. The van der Waals surface area contributed by atoms with Gasteiger partial charge in [-0.3, -0.25) is 24.4 Å². The van der Waals surface area contributed by atoms with Crippen LogP contribution in [0, 0.1) is 23.2 Å². The van der Waals surface area contributed by atoms with Crippen molar-refractivity contribution in [1.82, 2.24) is 30.3 Å². The van der Waals surface area contributed by atoms with Gasteiger partial charge in [-0.15, -0.1) is 11.3 Å². The van der Waals surface area contributed by atoms with Crippen molar-refractivity contribution in [1.29, 1.82) is 0 Å². The lowest BCUT2D eigenvalue weighted by Gasteiger charge is -2.37. The molecule has 14 heteroatoms. The van der Waals surface area contributed by atoms with Crippen molar-refractivity contribution in [2.75, 3.05) is 26.9 Å². The first-order chi connectivity index (χ1) is 27.2. The molecule has 6 bridgehead atoms. The van der Waals surface area contributed by atoms with Crippen LogP contribution >= 0.6 is 11.3 Å². The van der Waals surface area contributed by atoms with Crippen molar-refractivity contribution in [2.45, 2.75) is 105 Å². The average molecular weight is 803 g/mol. The quantitative estimate of drug-likeness (QED) is 0.172. The molecule has 5 heterocycles. The maximum absolute atomic E-state index is 14.6. The fraction of sp³-hybridized carbons (Fsp3) is 0.558. The number of fused-ring (bicyclic) bond motifs is 6. The number of pyridine rings is 1. The Kier molecular flexibility index (Phi) is 11.9. The van der Waals surface area contributed by atoms with E-state index in [1.165, 1.54) is 23.3 Å². The number of alkyl halides is 1. The van der Waals surface area contributed by atoms with E-state index in [4.69, 9.17) is 24.2 Å². The van der Waals surface area contributed by atoms with Gasteiger partial charge in [-0.05, 0) is 81.7 Å². The number of cyclic esters (lactones) is 1. The van der Waals surface area contributed by atoms with Gasteiger partial charge in [0, 0.05) is 65.1 Å². The molecule has 4 aromatic rings. The maximum Gasteiger partial charge on any atom is 0.324 e. The lowest BCUT2D eigenvalue weighted by Crippen LogP contribution is -2.61. The molecule has 2 amide bonds. The third-order valence-corrected chi connectivity index (χ3v) is 12.8. The molecule has 1 aliphatic carbocycles. The summed E-state index contributed by atoms with van der Waals surface area (Å²) in [7, 11) is 1.68. The summed E-state index contributed by atoms with van der Waals surface area (Å²) in [5.74, 6) is -1.18. The first-order valence-electron chi connectivity index (χ1n) is 20.1. The van der Waals surface area contributed by atoms with Crippen LogP contribution in [0.5, 0.6) is 0 Å². The fourth-order valence-electron chi connectivity index (χ4n) is 8.39. The van der Waals surface area contributed by atoms with E-state index < -0.39 is 41.7 Å². The highest BCUT2D eigenvalue weighted by Crippen LogP contribution is 2.46. The van der Waals surface area contributed by atoms with Gasteiger partial charge in [0.15, 0.2) is 0 Å². The van der Waals surface area contributed by atoms with Gasteiger partial charge in [-0.2, -0.15) is 0 Å². The topological polar surface area (TPSA) is 137 Å². The minimum absolute atomic E-state index is 0.132. The number of benzene rings is 1. The van der Waals surface area contributed by atoms with Crippen LogP contribution in [-0.2, 0) is 41.6 Å². The number of hydrogen-bond donors (Lipinski definition) is 2. The molecule has 0 spiro atoms. The van der Waals surface area contributed by atoms with Crippen LogP contribution < -0.4 is 10.7 Å². The van der Waals surface area contributed by atoms with E-state index >= 15 is 0 Å². The highest BCUT2D eigenvalue weighted by atomic mass is 32.1. The second-order valence-electron chi connectivity index (χ2n) is 16.7. The molecular weight excluding hydrogens is 748 g/mol. The number of ether oxygens (including phenoxy) is 3. The Bertz CT molecular complexity index is 2130. The summed E-state index contributed by atoms with van der Waals surface area (Å²) < 4.78 is 34.9. The van der Waals surface area contributed by atoms with E-state index in [1.54, 1.807) is 13.3 Å². The number of methoxy groups -OCH3 is 1. The molecule has 1 unspecified atom stereocenters. The van der Waals surface area contributed by atoms with Crippen molar-refractivity contribution in [3.8, 4) is 22.5 Å². The molecule has 8 atom stereocenters. The normalized spacial score (nSPS) is 26.1. The standard InChI is InChI=1S/C43H55FN6O6S/c1-9-49-33-15-14-27-18-29(33)30(37(49)28-12-10-16-45-35(28)26(5)54-8)19-43(6,7)22-56-42(53)31-13-11-17-50(48-31)41(52)36(47-39(51)34-24(3)25(34)4)38(55-20-23(2)44)40-46-32(27)21-57-40/h10,12,14-16,18,21,23-26,31,34,36,38,48H,9,11,13,17,19-20,22H2,1-8H3,(H,47,51)/t23-,24-,25+,26+,31+,34?,36+,38+/m1/s1. The lowest BCUT2D eigenvalue weighted by atomic mass is 9.84. The summed E-state index contributed by atoms with van der Waals surface area (Å²) in [4.78, 5) is 51.9. The molecule has 1 aromatic carbocycles. The van der Waals surface area contributed by atoms with Crippen molar-refractivity contribution in [3.63, 3.8) is 0 Å².